The lowest BCUT2D eigenvalue weighted by atomic mass is 10.0. The number of sulfonamides is 1. The summed E-state index contributed by atoms with van der Waals surface area (Å²) in [6.07, 6.45) is 2.52. The van der Waals surface area contributed by atoms with E-state index in [2.05, 4.69) is 5.32 Å². The van der Waals surface area contributed by atoms with E-state index in [4.69, 9.17) is 4.74 Å². The van der Waals surface area contributed by atoms with Crippen LogP contribution in [0.5, 0.6) is 0 Å². The number of nitrogens with one attached hydrogen (secondary N) is 1. The minimum atomic E-state index is -3.36. The Hall–Kier alpha value is -2.87. The Bertz CT molecular complexity index is 1000. The number of carbonyl (C=O) groups is 2. The minimum absolute atomic E-state index is 0.201. The normalized spacial score (nSPS) is 14.6. The van der Waals surface area contributed by atoms with Gasteiger partial charge in [-0.25, -0.2) is 13.2 Å². The second-order valence-electron chi connectivity index (χ2n) is 7.06. The fraction of sp³-hybridized carbons (Fsp3) is 0.333. The first-order valence-electron chi connectivity index (χ1n) is 9.38. The number of nitrogens with zero attached hydrogens (tertiary/aromatic N) is 1. The average molecular weight is 416 g/mol. The highest BCUT2D eigenvalue weighted by Crippen LogP contribution is 2.30. The summed E-state index contributed by atoms with van der Waals surface area (Å²) < 4.78 is 30.3. The van der Waals surface area contributed by atoms with Crippen LogP contribution in [-0.2, 0) is 26.0 Å². The monoisotopic (exact) mass is 416 g/mol. The van der Waals surface area contributed by atoms with Crippen LogP contribution in [0.4, 0.5) is 5.69 Å². The van der Waals surface area contributed by atoms with Gasteiger partial charge in [0.15, 0.2) is 6.61 Å². The topological polar surface area (TPSA) is 92.8 Å². The lowest BCUT2D eigenvalue weighted by Gasteiger charge is -2.29. The van der Waals surface area contributed by atoms with Crippen LogP contribution in [0.1, 0.15) is 40.9 Å². The Labute approximate surface area is 170 Å². The lowest BCUT2D eigenvalue weighted by Crippen LogP contribution is -2.34. The summed E-state index contributed by atoms with van der Waals surface area (Å²) in [5, 5.41) is 2.79. The van der Waals surface area contributed by atoms with Gasteiger partial charge in [-0.05, 0) is 49.1 Å². The quantitative estimate of drug-likeness (QED) is 0.730. The molecular formula is C21H24N2O5S. The number of carbonyl (C=O) groups excluding carboxylic acids is 2. The molecule has 0 aliphatic carbocycles. The van der Waals surface area contributed by atoms with Crippen molar-refractivity contribution >= 4 is 27.6 Å². The molecule has 1 aliphatic rings. The van der Waals surface area contributed by atoms with Crippen LogP contribution < -0.4 is 9.62 Å². The van der Waals surface area contributed by atoms with E-state index in [1.807, 2.05) is 37.3 Å². The van der Waals surface area contributed by atoms with Gasteiger partial charge in [-0.2, -0.15) is 0 Å². The van der Waals surface area contributed by atoms with Gasteiger partial charge >= 0.3 is 5.97 Å². The Morgan fingerprint density at radius 3 is 2.59 bits per heavy atom. The first-order valence-corrected chi connectivity index (χ1v) is 11.2. The summed E-state index contributed by atoms with van der Waals surface area (Å²) in [4.78, 5) is 24.4. The molecule has 2 aromatic carbocycles. The molecule has 0 unspecified atom stereocenters. The largest absolute Gasteiger partial charge is 0.452 e. The van der Waals surface area contributed by atoms with E-state index in [1.165, 1.54) is 16.6 Å². The molecule has 0 bridgehead atoms. The van der Waals surface area contributed by atoms with Crippen LogP contribution >= 0.6 is 0 Å². The standard InChI is InChI=1S/C21H24N2O5S/c1-15(16-7-4-3-5-8-16)22-20(24)14-28-21(25)18-10-11-19-17(13-18)9-6-12-23(19)29(2,26)27/h3-5,7-8,10-11,13,15H,6,9,12,14H2,1-2H3,(H,22,24)/t15-/m0/s1. The molecule has 154 valence electrons. The molecule has 0 aromatic heterocycles. The lowest BCUT2D eigenvalue weighted by molar-refractivity contribution is -0.124. The molecule has 0 radical (unpaired) electrons. The maximum absolute atomic E-state index is 12.3. The number of anilines is 1. The van der Waals surface area contributed by atoms with Gasteiger partial charge in [0.2, 0.25) is 10.0 Å². The highest BCUT2D eigenvalue weighted by atomic mass is 32.2. The van der Waals surface area contributed by atoms with E-state index in [0.29, 0.717) is 30.6 Å². The first-order chi connectivity index (χ1) is 13.8. The molecular weight excluding hydrogens is 392 g/mol. The molecule has 1 heterocycles. The number of fused-ring (bicyclic) bond motifs is 1. The molecule has 1 aliphatic heterocycles. The third-order valence-electron chi connectivity index (χ3n) is 4.80. The van der Waals surface area contributed by atoms with Gasteiger partial charge in [0, 0.05) is 6.54 Å². The van der Waals surface area contributed by atoms with Gasteiger partial charge in [-0.1, -0.05) is 30.3 Å². The number of hydrogen-bond donors (Lipinski definition) is 1. The summed E-state index contributed by atoms with van der Waals surface area (Å²) in [6, 6.07) is 14.1. The zero-order valence-electron chi connectivity index (χ0n) is 16.4. The molecule has 29 heavy (non-hydrogen) atoms. The molecule has 0 saturated carbocycles. The summed E-state index contributed by atoms with van der Waals surface area (Å²) in [5.74, 6) is -1.01. The van der Waals surface area contributed by atoms with Crippen molar-refractivity contribution in [1.82, 2.24) is 5.32 Å². The fourth-order valence-corrected chi connectivity index (χ4v) is 4.35. The predicted octanol–water partition coefficient (Wildman–Crippen LogP) is 2.43. The van der Waals surface area contributed by atoms with Gasteiger partial charge in [-0.15, -0.1) is 0 Å². The van der Waals surface area contributed by atoms with Crippen molar-refractivity contribution in [2.24, 2.45) is 0 Å². The molecule has 1 N–H and O–H groups in total. The van der Waals surface area contributed by atoms with Crippen molar-refractivity contribution in [2.45, 2.75) is 25.8 Å². The van der Waals surface area contributed by atoms with Gasteiger partial charge in [0.05, 0.1) is 23.5 Å². The zero-order valence-corrected chi connectivity index (χ0v) is 17.2. The van der Waals surface area contributed by atoms with Gasteiger partial charge in [0.1, 0.15) is 0 Å². The number of benzene rings is 2. The summed E-state index contributed by atoms with van der Waals surface area (Å²) in [7, 11) is -3.36. The first kappa shape index (κ1) is 20.9. The van der Waals surface area contributed by atoms with Crippen LogP contribution in [0.15, 0.2) is 48.5 Å². The molecule has 7 nitrogen and oxygen atoms in total. The fourth-order valence-electron chi connectivity index (χ4n) is 3.36. The van der Waals surface area contributed by atoms with Crippen LogP contribution in [0.2, 0.25) is 0 Å². The highest BCUT2D eigenvalue weighted by molar-refractivity contribution is 7.92. The maximum Gasteiger partial charge on any atom is 0.338 e. The molecule has 8 heteroatoms. The van der Waals surface area contributed by atoms with Gasteiger partial charge in [0.25, 0.3) is 5.91 Å². The van der Waals surface area contributed by atoms with Gasteiger partial charge < -0.3 is 10.1 Å². The second kappa shape index (κ2) is 8.65. The van der Waals surface area contributed by atoms with Crippen LogP contribution in [-0.4, -0.2) is 39.7 Å². The number of rotatable bonds is 6. The van der Waals surface area contributed by atoms with Crippen molar-refractivity contribution in [3.05, 3.63) is 65.2 Å². The Morgan fingerprint density at radius 1 is 1.17 bits per heavy atom. The molecule has 0 fully saturated rings. The summed E-state index contributed by atoms with van der Waals surface area (Å²) >= 11 is 0. The SMILES string of the molecule is C[C@H](NC(=O)COC(=O)c1ccc2c(c1)CCCN2S(C)(=O)=O)c1ccccc1. The highest BCUT2D eigenvalue weighted by Gasteiger charge is 2.25. The Balaban J connectivity index is 1.61. The molecule has 0 spiro atoms. The van der Waals surface area contributed by atoms with Crippen LogP contribution in [0.25, 0.3) is 0 Å². The average Bonchev–Trinajstić information content (AvgIpc) is 2.71. The summed E-state index contributed by atoms with van der Waals surface area (Å²) in [6.45, 7) is 1.89. The summed E-state index contributed by atoms with van der Waals surface area (Å²) in [5.41, 5.74) is 2.61. The molecule has 3 rings (SSSR count). The van der Waals surface area contributed by atoms with Crippen molar-refractivity contribution in [1.29, 1.82) is 0 Å². The second-order valence-corrected chi connectivity index (χ2v) is 8.97. The van der Waals surface area contributed by atoms with Crippen LogP contribution in [0, 0.1) is 0 Å². The van der Waals surface area contributed by atoms with Crippen molar-refractivity contribution in [2.75, 3.05) is 23.7 Å². The number of hydrogen-bond acceptors (Lipinski definition) is 5. The predicted molar refractivity (Wildman–Crippen MR) is 110 cm³/mol. The van der Waals surface area contributed by atoms with E-state index in [-0.39, 0.29) is 12.6 Å². The van der Waals surface area contributed by atoms with Crippen LogP contribution in [0.3, 0.4) is 0 Å². The molecule has 0 saturated heterocycles. The maximum atomic E-state index is 12.3. The molecule has 2 aromatic rings. The minimum Gasteiger partial charge on any atom is -0.452 e. The number of amides is 1. The van der Waals surface area contributed by atoms with Crippen molar-refractivity contribution in [3.63, 3.8) is 0 Å². The van der Waals surface area contributed by atoms with Crippen molar-refractivity contribution < 1.29 is 22.7 Å². The number of aryl methyl sites for hydroxylation is 1. The van der Waals surface area contributed by atoms with E-state index >= 15 is 0 Å². The molecule has 1 atom stereocenters. The smallest absolute Gasteiger partial charge is 0.338 e. The van der Waals surface area contributed by atoms with Crippen molar-refractivity contribution in [3.8, 4) is 0 Å². The zero-order chi connectivity index (χ0) is 21.0. The van der Waals surface area contributed by atoms with E-state index in [9.17, 15) is 18.0 Å². The Kier molecular flexibility index (Phi) is 6.22. The Morgan fingerprint density at radius 2 is 1.90 bits per heavy atom. The van der Waals surface area contributed by atoms with E-state index < -0.39 is 21.9 Å². The van der Waals surface area contributed by atoms with E-state index in [1.54, 1.807) is 12.1 Å². The van der Waals surface area contributed by atoms with Gasteiger partial charge in [-0.3, -0.25) is 9.10 Å². The van der Waals surface area contributed by atoms with E-state index in [0.717, 1.165) is 11.1 Å². The number of ether oxygens (including phenoxy) is 1. The number of esters is 1. The molecule has 1 amide bonds. The third-order valence-corrected chi connectivity index (χ3v) is 5.98. The third kappa shape index (κ3) is 5.14.